The van der Waals surface area contributed by atoms with E-state index in [2.05, 4.69) is 5.32 Å². The summed E-state index contributed by atoms with van der Waals surface area (Å²) in [5.74, 6) is -0.220. The summed E-state index contributed by atoms with van der Waals surface area (Å²) in [5, 5.41) is 3.18. The second-order valence-corrected chi connectivity index (χ2v) is 3.13. The summed E-state index contributed by atoms with van der Waals surface area (Å²) >= 11 is 0. The van der Waals surface area contributed by atoms with Gasteiger partial charge in [0.1, 0.15) is 0 Å². The van der Waals surface area contributed by atoms with E-state index in [1.54, 1.807) is 7.11 Å². The fourth-order valence-electron chi connectivity index (χ4n) is 1.60. The van der Waals surface area contributed by atoms with Crippen LogP contribution in [0.3, 0.4) is 0 Å². The van der Waals surface area contributed by atoms with Gasteiger partial charge in [-0.1, -0.05) is 0 Å². The number of hydrogen-bond acceptors (Lipinski definition) is 4. The maximum absolute atomic E-state index is 11.4. The number of hydrogen-bond donors (Lipinski definition) is 1. The fraction of sp³-hybridized carbons (Fsp3) is 0.889. The van der Waals surface area contributed by atoms with E-state index in [0.717, 1.165) is 19.5 Å². The van der Waals surface area contributed by atoms with Crippen LogP contribution >= 0.6 is 0 Å². The van der Waals surface area contributed by atoms with Crippen molar-refractivity contribution in [1.29, 1.82) is 0 Å². The zero-order valence-corrected chi connectivity index (χ0v) is 8.21. The lowest BCUT2D eigenvalue weighted by Gasteiger charge is -2.29. The predicted molar refractivity (Wildman–Crippen MR) is 48.4 cm³/mol. The summed E-state index contributed by atoms with van der Waals surface area (Å²) in [6, 6.07) is 0. The standard InChI is InChI=1S/C9H17NO3/c1-3-13-9(11)7-4-5-10-6-8(7)12-2/h7-8,10H,3-6H2,1-2H3/t7-,8+/m0/s1. The van der Waals surface area contributed by atoms with Gasteiger partial charge in [0.2, 0.25) is 0 Å². The average Bonchev–Trinajstić information content (AvgIpc) is 2.18. The van der Waals surface area contributed by atoms with E-state index in [-0.39, 0.29) is 18.0 Å². The molecule has 1 saturated heterocycles. The van der Waals surface area contributed by atoms with Gasteiger partial charge in [-0.25, -0.2) is 0 Å². The third-order valence-electron chi connectivity index (χ3n) is 2.32. The molecule has 1 N–H and O–H groups in total. The van der Waals surface area contributed by atoms with Gasteiger partial charge in [-0.3, -0.25) is 4.79 Å². The molecule has 2 atom stereocenters. The van der Waals surface area contributed by atoms with Crippen molar-refractivity contribution in [3.8, 4) is 0 Å². The molecule has 1 aliphatic heterocycles. The summed E-state index contributed by atoms with van der Waals surface area (Å²) < 4.78 is 10.2. The van der Waals surface area contributed by atoms with Crippen LogP contribution in [0.4, 0.5) is 0 Å². The predicted octanol–water partition coefficient (Wildman–Crippen LogP) is 0.174. The van der Waals surface area contributed by atoms with E-state index < -0.39 is 0 Å². The summed E-state index contributed by atoms with van der Waals surface area (Å²) in [6.45, 7) is 3.86. The second-order valence-electron chi connectivity index (χ2n) is 3.13. The molecule has 0 saturated carbocycles. The molecule has 0 unspecified atom stereocenters. The van der Waals surface area contributed by atoms with Crippen molar-refractivity contribution in [1.82, 2.24) is 5.32 Å². The molecule has 0 bridgehead atoms. The van der Waals surface area contributed by atoms with Crippen LogP contribution in [0.15, 0.2) is 0 Å². The number of carbonyl (C=O) groups excluding carboxylic acids is 1. The van der Waals surface area contributed by atoms with Gasteiger partial charge in [-0.15, -0.1) is 0 Å². The molecule has 0 aliphatic carbocycles. The smallest absolute Gasteiger partial charge is 0.311 e. The third-order valence-corrected chi connectivity index (χ3v) is 2.32. The molecule has 0 aromatic carbocycles. The highest BCUT2D eigenvalue weighted by molar-refractivity contribution is 5.73. The Morgan fingerprint density at radius 3 is 3.00 bits per heavy atom. The zero-order valence-electron chi connectivity index (χ0n) is 8.21. The van der Waals surface area contributed by atoms with Gasteiger partial charge < -0.3 is 14.8 Å². The molecule has 0 aromatic heterocycles. The topological polar surface area (TPSA) is 47.6 Å². The first-order valence-corrected chi connectivity index (χ1v) is 4.69. The third kappa shape index (κ3) is 2.67. The van der Waals surface area contributed by atoms with Crippen LogP contribution in [0.5, 0.6) is 0 Å². The van der Waals surface area contributed by atoms with Crippen molar-refractivity contribution in [3.63, 3.8) is 0 Å². The Balaban J connectivity index is 2.48. The molecule has 0 spiro atoms. The SMILES string of the molecule is CCOC(=O)[C@H]1CCNC[C@H]1OC. The number of rotatable bonds is 3. The Labute approximate surface area is 78.6 Å². The number of nitrogens with one attached hydrogen (secondary N) is 1. The molecule has 0 aromatic rings. The maximum atomic E-state index is 11.4. The number of esters is 1. The molecule has 4 heteroatoms. The minimum atomic E-state index is -0.129. The molecule has 0 amide bonds. The van der Waals surface area contributed by atoms with E-state index in [1.165, 1.54) is 0 Å². The minimum absolute atomic E-state index is 0.0344. The van der Waals surface area contributed by atoms with E-state index in [4.69, 9.17) is 9.47 Å². The van der Waals surface area contributed by atoms with Gasteiger partial charge in [0.25, 0.3) is 0 Å². The number of methoxy groups -OCH3 is 1. The largest absolute Gasteiger partial charge is 0.466 e. The normalized spacial score (nSPS) is 28.5. The van der Waals surface area contributed by atoms with Crippen LogP contribution in [0.1, 0.15) is 13.3 Å². The minimum Gasteiger partial charge on any atom is -0.466 e. The van der Waals surface area contributed by atoms with E-state index in [1.807, 2.05) is 6.92 Å². The number of ether oxygens (including phenoxy) is 2. The van der Waals surface area contributed by atoms with Gasteiger partial charge in [-0.05, 0) is 19.9 Å². The highest BCUT2D eigenvalue weighted by atomic mass is 16.5. The van der Waals surface area contributed by atoms with Crippen molar-refractivity contribution in [2.45, 2.75) is 19.4 Å². The first kappa shape index (κ1) is 10.5. The lowest BCUT2D eigenvalue weighted by atomic mass is 9.95. The van der Waals surface area contributed by atoms with Crippen molar-refractivity contribution < 1.29 is 14.3 Å². The number of carbonyl (C=O) groups is 1. The average molecular weight is 187 g/mol. The van der Waals surface area contributed by atoms with Gasteiger partial charge in [0.05, 0.1) is 18.6 Å². The molecule has 1 fully saturated rings. The molecule has 1 heterocycles. The molecular formula is C9H17NO3. The quantitative estimate of drug-likeness (QED) is 0.640. The Morgan fingerprint density at radius 1 is 1.62 bits per heavy atom. The van der Waals surface area contributed by atoms with Crippen LogP contribution < -0.4 is 5.32 Å². The number of piperidine rings is 1. The van der Waals surface area contributed by atoms with Crippen LogP contribution in [0.2, 0.25) is 0 Å². The fourth-order valence-corrected chi connectivity index (χ4v) is 1.60. The van der Waals surface area contributed by atoms with E-state index in [0.29, 0.717) is 6.61 Å². The zero-order chi connectivity index (χ0) is 9.68. The lowest BCUT2D eigenvalue weighted by Crippen LogP contribution is -2.45. The van der Waals surface area contributed by atoms with Crippen molar-refractivity contribution >= 4 is 5.97 Å². The monoisotopic (exact) mass is 187 g/mol. The first-order chi connectivity index (χ1) is 6.29. The molecule has 76 valence electrons. The highest BCUT2D eigenvalue weighted by Gasteiger charge is 2.31. The molecule has 4 nitrogen and oxygen atoms in total. The van der Waals surface area contributed by atoms with Crippen molar-refractivity contribution in [2.75, 3.05) is 26.8 Å². The van der Waals surface area contributed by atoms with Crippen molar-refractivity contribution in [2.24, 2.45) is 5.92 Å². The second kappa shape index (κ2) is 5.19. The van der Waals surface area contributed by atoms with Crippen LogP contribution in [0.25, 0.3) is 0 Å². The molecule has 1 aliphatic rings. The Kier molecular flexibility index (Phi) is 4.18. The van der Waals surface area contributed by atoms with E-state index in [9.17, 15) is 4.79 Å². The van der Waals surface area contributed by atoms with Crippen LogP contribution in [-0.4, -0.2) is 38.9 Å². The first-order valence-electron chi connectivity index (χ1n) is 4.69. The Morgan fingerprint density at radius 2 is 2.38 bits per heavy atom. The molecule has 1 rings (SSSR count). The van der Waals surface area contributed by atoms with Crippen LogP contribution in [-0.2, 0) is 14.3 Å². The Bertz CT molecular complexity index is 172. The van der Waals surface area contributed by atoms with Gasteiger partial charge in [0, 0.05) is 13.7 Å². The molecular weight excluding hydrogens is 170 g/mol. The lowest BCUT2D eigenvalue weighted by molar-refractivity contribution is -0.154. The summed E-state index contributed by atoms with van der Waals surface area (Å²) in [4.78, 5) is 11.4. The summed E-state index contributed by atoms with van der Waals surface area (Å²) in [6.07, 6.45) is 0.768. The Hall–Kier alpha value is -0.610. The molecule has 13 heavy (non-hydrogen) atoms. The van der Waals surface area contributed by atoms with Crippen LogP contribution in [0, 0.1) is 5.92 Å². The summed E-state index contributed by atoms with van der Waals surface area (Å²) in [5.41, 5.74) is 0. The highest BCUT2D eigenvalue weighted by Crippen LogP contribution is 2.16. The van der Waals surface area contributed by atoms with Gasteiger partial charge in [0.15, 0.2) is 0 Å². The molecule has 0 radical (unpaired) electrons. The van der Waals surface area contributed by atoms with E-state index >= 15 is 0 Å². The summed E-state index contributed by atoms with van der Waals surface area (Å²) in [7, 11) is 1.63. The van der Waals surface area contributed by atoms with Gasteiger partial charge >= 0.3 is 5.97 Å². The van der Waals surface area contributed by atoms with Crippen molar-refractivity contribution in [3.05, 3.63) is 0 Å². The van der Waals surface area contributed by atoms with Gasteiger partial charge in [-0.2, -0.15) is 0 Å². The maximum Gasteiger partial charge on any atom is 0.311 e.